The van der Waals surface area contributed by atoms with Gasteiger partial charge in [0.25, 0.3) is 0 Å². The fraction of sp³-hybridized carbons (Fsp3) is 0.538. The van der Waals surface area contributed by atoms with Crippen molar-refractivity contribution in [3.63, 3.8) is 0 Å². The standard InChI is InChI=1S/C26H34N6O3/c1-18(16-33)17-35-23-6-4-5-22-21(23)15-28-32(22)24-11-12-27-26(30-24)29-20-9-7-19(8-10-20)25(34)31-13-2-3-14-31/h4-6,11-12,15,18-20,33H,2-3,7-10,13-14,16-17H2,1H3,(H,27,29,30)/t18-,19-,20-/m0/s1. The number of carbonyl (C=O) groups excluding carboxylic acids is 1. The van der Waals surface area contributed by atoms with Crippen LogP contribution in [0.1, 0.15) is 45.4 Å². The lowest BCUT2D eigenvalue weighted by atomic mass is 9.85. The van der Waals surface area contributed by atoms with Crippen LogP contribution >= 0.6 is 0 Å². The number of nitrogens with one attached hydrogen (secondary N) is 1. The zero-order valence-electron chi connectivity index (χ0n) is 20.3. The number of anilines is 1. The number of hydrogen-bond donors (Lipinski definition) is 2. The number of ether oxygens (including phenoxy) is 1. The van der Waals surface area contributed by atoms with Crippen molar-refractivity contribution in [3.8, 4) is 11.6 Å². The van der Waals surface area contributed by atoms with Gasteiger partial charge in [-0.3, -0.25) is 4.79 Å². The molecule has 1 aliphatic carbocycles. The molecule has 3 heterocycles. The van der Waals surface area contributed by atoms with E-state index in [2.05, 4.69) is 15.4 Å². The van der Waals surface area contributed by atoms with Gasteiger partial charge < -0.3 is 20.1 Å². The molecule has 35 heavy (non-hydrogen) atoms. The molecule has 2 N–H and O–H groups in total. The van der Waals surface area contributed by atoms with Gasteiger partial charge in [0.1, 0.15) is 5.75 Å². The van der Waals surface area contributed by atoms with Crippen LogP contribution in [0, 0.1) is 11.8 Å². The monoisotopic (exact) mass is 478 g/mol. The topological polar surface area (TPSA) is 105 Å². The SMILES string of the molecule is C[C@@H](CO)COc1cccc2c1cnn2-c1ccnc(N[C@H]2CC[C@H](C(=O)N3CCCC3)CC2)n1. The molecule has 2 aliphatic rings. The van der Waals surface area contributed by atoms with E-state index in [1.807, 2.05) is 36.1 Å². The number of nitrogens with zero attached hydrogens (tertiary/aromatic N) is 5. The summed E-state index contributed by atoms with van der Waals surface area (Å²) in [5.41, 5.74) is 0.893. The highest BCUT2D eigenvalue weighted by molar-refractivity contribution is 5.86. The van der Waals surface area contributed by atoms with Crippen LogP contribution in [0.5, 0.6) is 5.75 Å². The molecule has 2 fully saturated rings. The van der Waals surface area contributed by atoms with Gasteiger partial charge in [-0.2, -0.15) is 10.1 Å². The van der Waals surface area contributed by atoms with Crippen molar-refractivity contribution in [1.82, 2.24) is 24.6 Å². The summed E-state index contributed by atoms with van der Waals surface area (Å²) in [7, 11) is 0. The predicted molar refractivity (Wildman–Crippen MR) is 134 cm³/mol. The molecule has 0 radical (unpaired) electrons. The van der Waals surface area contributed by atoms with Crippen LogP contribution in [-0.4, -0.2) is 68.0 Å². The Morgan fingerprint density at radius 3 is 2.77 bits per heavy atom. The fourth-order valence-electron chi connectivity index (χ4n) is 5.02. The number of fused-ring (bicyclic) bond motifs is 1. The van der Waals surface area contributed by atoms with Crippen molar-refractivity contribution in [2.24, 2.45) is 11.8 Å². The van der Waals surface area contributed by atoms with Gasteiger partial charge in [0.15, 0.2) is 5.82 Å². The van der Waals surface area contributed by atoms with Crippen molar-refractivity contribution in [2.75, 3.05) is 31.6 Å². The van der Waals surface area contributed by atoms with Gasteiger partial charge in [0, 0.05) is 49.8 Å². The summed E-state index contributed by atoms with van der Waals surface area (Å²) in [6.45, 7) is 4.32. The Morgan fingerprint density at radius 2 is 2.00 bits per heavy atom. The molecule has 9 heteroatoms. The number of hydrogen-bond acceptors (Lipinski definition) is 7. The molecule has 1 aliphatic heterocycles. The van der Waals surface area contributed by atoms with Crippen molar-refractivity contribution >= 4 is 22.8 Å². The Morgan fingerprint density at radius 1 is 1.20 bits per heavy atom. The van der Waals surface area contributed by atoms with E-state index >= 15 is 0 Å². The molecule has 5 rings (SSSR count). The molecule has 1 aromatic carbocycles. The van der Waals surface area contributed by atoms with Crippen LogP contribution in [0.3, 0.4) is 0 Å². The van der Waals surface area contributed by atoms with Crippen molar-refractivity contribution in [2.45, 2.75) is 51.5 Å². The first kappa shape index (κ1) is 23.5. The van der Waals surface area contributed by atoms with E-state index in [-0.39, 0.29) is 24.5 Å². The van der Waals surface area contributed by atoms with Crippen LogP contribution in [0.15, 0.2) is 36.7 Å². The summed E-state index contributed by atoms with van der Waals surface area (Å²) in [5, 5.41) is 18.2. The lowest BCUT2D eigenvalue weighted by Gasteiger charge is -2.30. The Bertz CT molecular complexity index is 1150. The average Bonchev–Trinajstić information content (AvgIpc) is 3.58. The fourth-order valence-corrected chi connectivity index (χ4v) is 5.02. The molecule has 1 saturated heterocycles. The van der Waals surface area contributed by atoms with E-state index in [0.717, 1.165) is 68.3 Å². The number of benzene rings is 1. The second-order valence-electron chi connectivity index (χ2n) is 9.81. The number of amides is 1. The van der Waals surface area contributed by atoms with Crippen LogP contribution in [0.2, 0.25) is 0 Å². The van der Waals surface area contributed by atoms with Crippen molar-refractivity contribution in [1.29, 1.82) is 0 Å². The maximum absolute atomic E-state index is 12.7. The van der Waals surface area contributed by atoms with Crippen LogP contribution < -0.4 is 10.1 Å². The van der Waals surface area contributed by atoms with E-state index in [1.54, 1.807) is 17.1 Å². The molecule has 0 unspecified atom stereocenters. The van der Waals surface area contributed by atoms with E-state index in [4.69, 9.17) is 9.72 Å². The van der Waals surface area contributed by atoms with Gasteiger partial charge in [0.2, 0.25) is 11.9 Å². The van der Waals surface area contributed by atoms with Crippen LogP contribution in [0.25, 0.3) is 16.7 Å². The van der Waals surface area contributed by atoms with Gasteiger partial charge >= 0.3 is 0 Å². The van der Waals surface area contributed by atoms with Gasteiger partial charge in [-0.05, 0) is 50.7 Å². The summed E-state index contributed by atoms with van der Waals surface area (Å²) in [6.07, 6.45) is 9.50. The van der Waals surface area contributed by atoms with Crippen LogP contribution in [-0.2, 0) is 4.79 Å². The quantitative estimate of drug-likeness (QED) is 0.511. The number of rotatable bonds is 8. The van der Waals surface area contributed by atoms with Gasteiger partial charge in [0.05, 0.1) is 23.7 Å². The molecular weight excluding hydrogens is 444 g/mol. The minimum Gasteiger partial charge on any atom is -0.492 e. The van der Waals surface area contributed by atoms with E-state index in [9.17, 15) is 9.90 Å². The predicted octanol–water partition coefficient (Wildman–Crippen LogP) is 3.42. The molecule has 0 bridgehead atoms. The minimum atomic E-state index is 0.0594. The summed E-state index contributed by atoms with van der Waals surface area (Å²) >= 11 is 0. The normalized spacial score (nSPS) is 21.3. The largest absolute Gasteiger partial charge is 0.492 e. The highest BCUT2D eigenvalue weighted by Crippen LogP contribution is 2.30. The van der Waals surface area contributed by atoms with E-state index < -0.39 is 0 Å². The number of aliphatic hydroxyl groups excluding tert-OH is 1. The van der Waals surface area contributed by atoms with E-state index in [0.29, 0.717) is 24.3 Å². The highest BCUT2D eigenvalue weighted by Gasteiger charge is 2.30. The van der Waals surface area contributed by atoms with Crippen molar-refractivity contribution in [3.05, 3.63) is 36.7 Å². The summed E-state index contributed by atoms with van der Waals surface area (Å²) in [5.74, 6) is 2.55. The molecule has 1 saturated carbocycles. The zero-order valence-corrected chi connectivity index (χ0v) is 20.3. The second kappa shape index (κ2) is 10.6. The maximum Gasteiger partial charge on any atom is 0.225 e. The molecule has 1 atom stereocenters. The Balaban J connectivity index is 1.24. The zero-order chi connectivity index (χ0) is 24.2. The summed E-state index contributed by atoms with van der Waals surface area (Å²) in [6, 6.07) is 7.93. The number of aromatic nitrogens is 4. The van der Waals surface area contributed by atoms with Gasteiger partial charge in [-0.15, -0.1) is 0 Å². The van der Waals surface area contributed by atoms with Gasteiger partial charge in [-0.1, -0.05) is 13.0 Å². The molecule has 186 valence electrons. The first-order valence-electron chi connectivity index (χ1n) is 12.7. The van der Waals surface area contributed by atoms with Crippen LogP contribution in [0.4, 0.5) is 5.95 Å². The molecule has 9 nitrogen and oxygen atoms in total. The molecule has 3 aromatic rings. The number of aliphatic hydroxyl groups is 1. The summed E-state index contributed by atoms with van der Waals surface area (Å²) in [4.78, 5) is 23.9. The minimum absolute atomic E-state index is 0.0594. The Kier molecular flexibility index (Phi) is 7.13. The third-order valence-corrected chi connectivity index (χ3v) is 7.09. The summed E-state index contributed by atoms with van der Waals surface area (Å²) < 4.78 is 7.71. The third kappa shape index (κ3) is 5.24. The smallest absolute Gasteiger partial charge is 0.225 e. The molecule has 1 amide bonds. The Hall–Kier alpha value is -3.20. The first-order valence-corrected chi connectivity index (χ1v) is 12.7. The third-order valence-electron chi connectivity index (χ3n) is 7.09. The number of carbonyl (C=O) groups is 1. The first-order chi connectivity index (χ1) is 17.1. The second-order valence-corrected chi connectivity index (χ2v) is 9.81. The lowest BCUT2D eigenvalue weighted by molar-refractivity contribution is -0.135. The molecule has 2 aromatic heterocycles. The molecular formula is C26H34N6O3. The Labute approximate surface area is 205 Å². The van der Waals surface area contributed by atoms with Gasteiger partial charge in [-0.25, -0.2) is 9.67 Å². The maximum atomic E-state index is 12.7. The average molecular weight is 479 g/mol. The van der Waals surface area contributed by atoms with Crippen molar-refractivity contribution < 1.29 is 14.6 Å². The van der Waals surface area contributed by atoms with E-state index in [1.165, 1.54) is 0 Å². The molecule has 0 spiro atoms. The highest BCUT2D eigenvalue weighted by atomic mass is 16.5. The number of likely N-dealkylation sites (tertiary alicyclic amines) is 1. The lowest BCUT2D eigenvalue weighted by Crippen LogP contribution is -2.37.